The van der Waals surface area contributed by atoms with Gasteiger partial charge in [-0.1, -0.05) is 105 Å². The van der Waals surface area contributed by atoms with Gasteiger partial charge in [0.1, 0.15) is 30.8 Å². The van der Waals surface area contributed by atoms with Gasteiger partial charge >= 0.3 is 0 Å². The Labute approximate surface area is 242 Å². The minimum absolute atomic E-state index is 0.136. The average Bonchev–Trinajstić information content (AvgIpc) is 3.02. The molecule has 0 spiro atoms. The third-order valence-corrected chi connectivity index (χ3v) is 6.68. The first-order valence-electron chi connectivity index (χ1n) is 14.2. The van der Waals surface area contributed by atoms with E-state index in [2.05, 4.69) is 17.6 Å². The van der Waals surface area contributed by atoms with Crippen molar-refractivity contribution in [3.05, 3.63) is 131 Å². The Morgan fingerprint density at radius 3 is 1.73 bits per heavy atom. The smallest absolute Gasteiger partial charge is 0.247 e. The maximum absolute atomic E-state index is 13.3. The van der Waals surface area contributed by atoms with Crippen LogP contribution in [0.2, 0.25) is 0 Å². The number of ether oxygens (including phenoxy) is 2. The van der Waals surface area contributed by atoms with Gasteiger partial charge < -0.3 is 20.1 Å². The van der Waals surface area contributed by atoms with Crippen molar-refractivity contribution < 1.29 is 19.1 Å². The van der Waals surface area contributed by atoms with Crippen LogP contribution < -0.4 is 20.1 Å². The number of rotatable bonds is 15. The molecule has 2 N–H and O–H groups in total. The van der Waals surface area contributed by atoms with Crippen molar-refractivity contribution in [1.82, 2.24) is 10.6 Å². The fourth-order valence-corrected chi connectivity index (χ4v) is 4.30. The zero-order valence-corrected chi connectivity index (χ0v) is 23.6. The lowest BCUT2D eigenvalue weighted by molar-refractivity contribution is -0.129. The summed E-state index contributed by atoms with van der Waals surface area (Å²) in [5.74, 6) is 1.05. The molecule has 4 rings (SSSR count). The van der Waals surface area contributed by atoms with E-state index in [0.717, 1.165) is 41.7 Å². The monoisotopic (exact) mass is 550 g/mol. The van der Waals surface area contributed by atoms with E-state index in [4.69, 9.17) is 9.47 Å². The van der Waals surface area contributed by atoms with Crippen LogP contribution in [0.15, 0.2) is 109 Å². The summed E-state index contributed by atoms with van der Waals surface area (Å²) in [6.07, 6.45) is 3.18. The summed E-state index contributed by atoms with van der Waals surface area (Å²) >= 11 is 0. The Hall–Kier alpha value is -4.58. The summed E-state index contributed by atoms with van der Waals surface area (Å²) in [5, 5.41) is 5.92. The number of unbranched alkanes of at least 4 members (excludes halogenated alkanes) is 2. The Balaban J connectivity index is 1.35. The lowest BCUT2D eigenvalue weighted by atomic mass is 10.0. The van der Waals surface area contributed by atoms with Crippen LogP contribution >= 0.6 is 0 Å². The standard InChI is InChI=1S/C35H38N2O4/c1-2-3-6-15-33(38)37-34(30-18-22-32(23-19-30)41-26-29-13-9-5-10-14-29)35(39)36-24-27-16-20-31(21-17-27)40-25-28-11-7-4-8-12-28/h4-5,7-14,16-23,34H,2-3,6,15,24-26H2,1H3,(H,36,39)(H,37,38)/t34-/m0/s1. The summed E-state index contributed by atoms with van der Waals surface area (Å²) in [4.78, 5) is 26.0. The van der Waals surface area contributed by atoms with Crippen molar-refractivity contribution in [1.29, 1.82) is 0 Å². The molecule has 1 atom stereocenters. The van der Waals surface area contributed by atoms with Gasteiger partial charge in [-0.15, -0.1) is 0 Å². The van der Waals surface area contributed by atoms with E-state index in [-0.39, 0.29) is 11.8 Å². The second-order valence-electron chi connectivity index (χ2n) is 9.94. The molecule has 2 amide bonds. The van der Waals surface area contributed by atoms with Gasteiger partial charge in [0.2, 0.25) is 11.8 Å². The Bertz CT molecular complexity index is 1340. The molecule has 0 aromatic heterocycles. The summed E-state index contributed by atoms with van der Waals surface area (Å²) in [5.41, 5.74) is 3.80. The number of carbonyl (C=O) groups is 2. The Morgan fingerprint density at radius 1 is 0.659 bits per heavy atom. The van der Waals surface area contributed by atoms with Gasteiger partial charge in [-0.2, -0.15) is 0 Å². The molecule has 0 unspecified atom stereocenters. The van der Waals surface area contributed by atoms with Crippen LogP contribution in [0.1, 0.15) is 60.9 Å². The molecule has 6 nitrogen and oxygen atoms in total. The van der Waals surface area contributed by atoms with Gasteiger partial charge in [-0.05, 0) is 52.9 Å². The first-order valence-corrected chi connectivity index (χ1v) is 14.2. The lowest BCUT2D eigenvalue weighted by Crippen LogP contribution is -2.40. The molecule has 41 heavy (non-hydrogen) atoms. The fraction of sp³-hybridized carbons (Fsp3) is 0.257. The molecule has 4 aromatic carbocycles. The molecule has 0 aliphatic carbocycles. The molecule has 4 aromatic rings. The van der Waals surface area contributed by atoms with Crippen molar-refractivity contribution in [3.63, 3.8) is 0 Å². The van der Waals surface area contributed by atoms with Gasteiger partial charge in [0, 0.05) is 13.0 Å². The predicted molar refractivity (Wildman–Crippen MR) is 161 cm³/mol. The topological polar surface area (TPSA) is 76.7 Å². The van der Waals surface area contributed by atoms with Crippen LogP contribution in [0.4, 0.5) is 0 Å². The van der Waals surface area contributed by atoms with Crippen molar-refractivity contribution in [2.75, 3.05) is 0 Å². The zero-order chi connectivity index (χ0) is 28.7. The number of carbonyl (C=O) groups excluding carboxylic acids is 2. The quantitative estimate of drug-likeness (QED) is 0.158. The van der Waals surface area contributed by atoms with Crippen molar-refractivity contribution in [2.24, 2.45) is 0 Å². The van der Waals surface area contributed by atoms with Gasteiger partial charge in [-0.25, -0.2) is 0 Å². The largest absolute Gasteiger partial charge is 0.489 e. The fourth-order valence-electron chi connectivity index (χ4n) is 4.30. The van der Waals surface area contributed by atoms with E-state index in [1.54, 1.807) is 0 Å². The van der Waals surface area contributed by atoms with Crippen LogP contribution in [0.3, 0.4) is 0 Å². The van der Waals surface area contributed by atoms with Crippen LogP contribution in [0.25, 0.3) is 0 Å². The highest BCUT2D eigenvalue weighted by atomic mass is 16.5. The molecular weight excluding hydrogens is 512 g/mol. The van der Waals surface area contributed by atoms with E-state index in [0.29, 0.717) is 37.5 Å². The van der Waals surface area contributed by atoms with Gasteiger partial charge in [0.25, 0.3) is 0 Å². The molecule has 0 radical (unpaired) electrons. The number of nitrogens with one attached hydrogen (secondary N) is 2. The summed E-state index contributed by atoms with van der Waals surface area (Å²) in [6.45, 7) is 3.37. The maximum Gasteiger partial charge on any atom is 0.247 e. The number of benzene rings is 4. The minimum atomic E-state index is -0.805. The Morgan fingerprint density at radius 2 is 1.20 bits per heavy atom. The molecular formula is C35H38N2O4. The van der Waals surface area contributed by atoms with Crippen LogP contribution in [-0.4, -0.2) is 11.8 Å². The normalized spacial score (nSPS) is 11.3. The predicted octanol–water partition coefficient (Wildman–Crippen LogP) is 6.90. The first-order chi connectivity index (χ1) is 20.1. The molecule has 212 valence electrons. The molecule has 6 heteroatoms. The molecule has 0 heterocycles. The van der Waals surface area contributed by atoms with Gasteiger partial charge in [-0.3, -0.25) is 9.59 Å². The minimum Gasteiger partial charge on any atom is -0.489 e. The average molecular weight is 551 g/mol. The zero-order valence-electron chi connectivity index (χ0n) is 23.6. The van der Waals surface area contributed by atoms with E-state index in [1.807, 2.05) is 109 Å². The second-order valence-corrected chi connectivity index (χ2v) is 9.94. The van der Waals surface area contributed by atoms with Crippen LogP contribution in [0.5, 0.6) is 11.5 Å². The molecule has 0 saturated carbocycles. The van der Waals surface area contributed by atoms with E-state index in [1.165, 1.54) is 0 Å². The van der Waals surface area contributed by atoms with E-state index in [9.17, 15) is 9.59 Å². The van der Waals surface area contributed by atoms with E-state index < -0.39 is 6.04 Å². The summed E-state index contributed by atoms with van der Waals surface area (Å²) < 4.78 is 11.8. The first kappa shape index (κ1) is 29.4. The van der Waals surface area contributed by atoms with Gasteiger partial charge in [0.15, 0.2) is 0 Å². The van der Waals surface area contributed by atoms with Crippen molar-refractivity contribution in [3.8, 4) is 11.5 Å². The van der Waals surface area contributed by atoms with Crippen molar-refractivity contribution >= 4 is 11.8 Å². The van der Waals surface area contributed by atoms with Crippen LogP contribution in [0, 0.1) is 0 Å². The molecule has 0 aliphatic rings. The third kappa shape index (κ3) is 9.84. The molecule has 0 fully saturated rings. The highest BCUT2D eigenvalue weighted by molar-refractivity contribution is 5.88. The third-order valence-electron chi connectivity index (χ3n) is 6.68. The number of hydrogen-bond donors (Lipinski definition) is 2. The van der Waals surface area contributed by atoms with Gasteiger partial charge in [0.05, 0.1) is 0 Å². The summed E-state index contributed by atoms with van der Waals surface area (Å²) in [7, 11) is 0. The highest BCUT2D eigenvalue weighted by Crippen LogP contribution is 2.21. The number of hydrogen-bond acceptors (Lipinski definition) is 4. The Kier molecular flexibility index (Phi) is 11.4. The molecule has 0 aliphatic heterocycles. The SMILES string of the molecule is CCCCCC(=O)N[C@H](C(=O)NCc1ccc(OCc2ccccc2)cc1)c1ccc(OCc2ccccc2)cc1. The van der Waals surface area contributed by atoms with E-state index >= 15 is 0 Å². The van der Waals surface area contributed by atoms with Crippen molar-refractivity contribution in [2.45, 2.75) is 58.4 Å². The number of amides is 2. The van der Waals surface area contributed by atoms with Crippen LogP contribution in [-0.2, 0) is 29.3 Å². The lowest BCUT2D eigenvalue weighted by Gasteiger charge is -2.20. The molecule has 0 bridgehead atoms. The molecule has 0 saturated heterocycles. The maximum atomic E-state index is 13.3. The summed E-state index contributed by atoms with van der Waals surface area (Å²) in [6, 6.07) is 34.1. The second kappa shape index (κ2) is 15.9. The highest BCUT2D eigenvalue weighted by Gasteiger charge is 2.22.